The first-order chi connectivity index (χ1) is 10.2. The predicted molar refractivity (Wildman–Crippen MR) is 96.2 cm³/mol. The second-order valence-corrected chi connectivity index (χ2v) is 12.5. The van der Waals surface area contributed by atoms with E-state index in [1.54, 1.807) is 0 Å². The topological polar surface area (TPSA) is 9.23 Å². The van der Waals surface area contributed by atoms with Gasteiger partial charge in [0.05, 0.1) is 0 Å². The third-order valence-corrected chi connectivity index (χ3v) is 12.5. The maximum absolute atomic E-state index is 6.90. The highest BCUT2D eigenvalue weighted by Gasteiger charge is 2.34. The van der Waals surface area contributed by atoms with Crippen LogP contribution in [0.2, 0.25) is 18.1 Å². The fourth-order valence-corrected chi connectivity index (χ4v) is 9.88. The number of hydrogen-bond donors (Lipinski definition) is 0. The van der Waals surface area contributed by atoms with E-state index < -0.39 is 17.4 Å². The van der Waals surface area contributed by atoms with Crippen molar-refractivity contribution in [3.63, 3.8) is 0 Å². The first-order valence-electron chi connectivity index (χ1n) is 7.91. The average Bonchev–Trinajstić information content (AvgIpc) is 2.58. The Hall–Kier alpha value is -1.17. The predicted octanol–water partition coefficient (Wildman–Crippen LogP) is 3.81. The van der Waals surface area contributed by atoms with Gasteiger partial charge < -0.3 is 4.12 Å². The Labute approximate surface area is 131 Å². The molecule has 0 saturated heterocycles. The van der Waals surface area contributed by atoms with Gasteiger partial charge in [0.1, 0.15) is 0 Å². The van der Waals surface area contributed by atoms with Crippen molar-refractivity contribution in [2.45, 2.75) is 38.9 Å². The molecule has 0 aliphatic carbocycles. The molecule has 0 spiro atoms. The van der Waals surface area contributed by atoms with Crippen LogP contribution in [0.25, 0.3) is 0 Å². The van der Waals surface area contributed by atoms with E-state index in [1.807, 2.05) is 0 Å². The number of hydrogen-bond acceptors (Lipinski definition) is 1. The minimum absolute atomic E-state index is 1.13. The summed E-state index contributed by atoms with van der Waals surface area (Å²) in [4.78, 5) is 0. The summed E-state index contributed by atoms with van der Waals surface area (Å²) in [5.74, 6) is 0. The quantitative estimate of drug-likeness (QED) is 0.706. The van der Waals surface area contributed by atoms with E-state index in [0.29, 0.717) is 0 Å². The molecule has 0 heterocycles. The molecule has 0 aliphatic rings. The van der Waals surface area contributed by atoms with E-state index in [9.17, 15) is 0 Å². The van der Waals surface area contributed by atoms with Gasteiger partial charge in [-0.05, 0) is 28.5 Å². The molecule has 0 atom stereocenters. The summed E-state index contributed by atoms with van der Waals surface area (Å²) in [7, 11) is -2.73. The van der Waals surface area contributed by atoms with Crippen molar-refractivity contribution in [3.05, 3.63) is 60.7 Å². The summed E-state index contributed by atoms with van der Waals surface area (Å²) in [5.41, 5.74) is 0. The summed E-state index contributed by atoms with van der Waals surface area (Å²) in [6.07, 6.45) is 0. The fraction of sp³-hybridized carbons (Fsp3) is 0.333. The van der Waals surface area contributed by atoms with Crippen molar-refractivity contribution in [3.8, 4) is 0 Å². The minimum atomic E-state index is -1.60. The van der Waals surface area contributed by atoms with Crippen molar-refractivity contribution in [2.75, 3.05) is 0 Å². The summed E-state index contributed by atoms with van der Waals surface area (Å²) in [5, 5.41) is 2.72. The SMILES string of the molecule is CC[Si](CC)(CC)O[Si](c1ccccc1)c1ccccc1. The zero-order valence-electron chi connectivity index (χ0n) is 13.3. The van der Waals surface area contributed by atoms with Crippen molar-refractivity contribution in [1.29, 1.82) is 0 Å². The van der Waals surface area contributed by atoms with Crippen LogP contribution in [0.4, 0.5) is 0 Å². The average molecular weight is 314 g/mol. The lowest BCUT2D eigenvalue weighted by Gasteiger charge is -2.33. The molecule has 1 nitrogen and oxygen atoms in total. The van der Waals surface area contributed by atoms with Crippen LogP contribution >= 0.6 is 0 Å². The van der Waals surface area contributed by atoms with Crippen LogP contribution in [-0.2, 0) is 4.12 Å². The highest BCUT2D eigenvalue weighted by Crippen LogP contribution is 2.22. The van der Waals surface area contributed by atoms with Crippen molar-refractivity contribution in [1.82, 2.24) is 0 Å². The third kappa shape index (κ3) is 3.93. The highest BCUT2D eigenvalue weighted by atomic mass is 28.4. The molecule has 0 saturated carbocycles. The lowest BCUT2D eigenvalue weighted by Crippen LogP contribution is -2.53. The smallest absolute Gasteiger partial charge is 0.272 e. The van der Waals surface area contributed by atoms with Gasteiger partial charge >= 0.3 is 0 Å². The molecule has 111 valence electrons. The van der Waals surface area contributed by atoms with Crippen molar-refractivity contribution >= 4 is 27.7 Å². The van der Waals surface area contributed by atoms with Crippen LogP contribution in [-0.4, -0.2) is 17.4 Å². The van der Waals surface area contributed by atoms with Gasteiger partial charge in [-0.3, -0.25) is 0 Å². The zero-order chi connectivity index (χ0) is 15.1. The van der Waals surface area contributed by atoms with Crippen LogP contribution in [0, 0.1) is 0 Å². The normalized spacial score (nSPS) is 11.8. The lowest BCUT2D eigenvalue weighted by molar-refractivity contribution is 0.564. The molecule has 0 bridgehead atoms. The molecule has 3 heteroatoms. The largest absolute Gasteiger partial charge is 0.449 e. The fourth-order valence-electron chi connectivity index (χ4n) is 2.65. The Balaban J connectivity index is 2.38. The molecule has 21 heavy (non-hydrogen) atoms. The number of benzene rings is 2. The van der Waals surface area contributed by atoms with Crippen LogP contribution in [0.1, 0.15) is 20.8 Å². The molecular formula is C18H25OSi2. The zero-order valence-corrected chi connectivity index (χ0v) is 15.3. The van der Waals surface area contributed by atoms with Gasteiger partial charge in [-0.2, -0.15) is 0 Å². The van der Waals surface area contributed by atoms with Gasteiger partial charge in [0.2, 0.25) is 0 Å². The Morgan fingerprint density at radius 3 is 1.43 bits per heavy atom. The van der Waals surface area contributed by atoms with Crippen LogP contribution < -0.4 is 10.4 Å². The molecule has 0 N–H and O–H groups in total. The Morgan fingerprint density at radius 2 is 1.10 bits per heavy atom. The van der Waals surface area contributed by atoms with Crippen molar-refractivity contribution in [2.24, 2.45) is 0 Å². The highest BCUT2D eigenvalue weighted by molar-refractivity contribution is 6.89. The van der Waals surface area contributed by atoms with Crippen molar-refractivity contribution < 1.29 is 4.12 Å². The summed E-state index contributed by atoms with van der Waals surface area (Å²) < 4.78 is 6.90. The molecule has 0 aromatic heterocycles. The molecule has 0 aliphatic heterocycles. The standard InChI is InChI=1S/C18H25OSi2/c1-4-21(5-2,6-3)19-20(17-13-9-7-10-14-17)18-15-11-8-12-16-18/h7-16H,4-6H2,1-3H3. The van der Waals surface area contributed by atoms with Gasteiger partial charge in [-0.1, -0.05) is 81.4 Å². The van der Waals surface area contributed by atoms with E-state index in [0.717, 1.165) is 0 Å². The Kier molecular flexibility index (Phi) is 5.97. The van der Waals surface area contributed by atoms with Gasteiger partial charge in [-0.25, -0.2) is 0 Å². The molecule has 0 fully saturated rings. The molecule has 2 rings (SSSR count). The lowest BCUT2D eigenvalue weighted by atomic mass is 10.4. The van der Waals surface area contributed by atoms with E-state index in [2.05, 4.69) is 81.4 Å². The summed E-state index contributed by atoms with van der Waals surface area (Å²) in [6.45, 7) is 6.90. The minimum Gasteiger partial charge on any atom is -0.449 e. The first-order valence-corrected chi connectivity index (χ1v) is 11.8. The van der Waals surface area contributed by atoms with Crippen LogP contribution in [0.15, 0.2) is 60.7 Å². The van der Waals surface area contributed by atoms with Gasteiger partial charge in [-0.15, -0.1) is 0 Å². The maximum Gasteiger partial charge on any atom is 0.272 e. The molecule has 0 amide bonds. The van der Waals surface area contributed by atoms with Crippen LogP contribution in [0.5, 0.6) is 0 Å². The molecule has 2 aromatic carbocycles. The van der Waals surface area contributed by atoms with E-state index in [-0.39, 0.29) is 0 Å². The Bertz CT molecular complexity index is 476. The second-order valence-electron chi connectivity index (χ2n) is 5.41. The monoisotopic (exact) mass is 313 g/mol. The van der Waals surface area contributed by atoms with Crippen LogP contribution in [0.3, 0.4) is 0 Å². The maximum atomic E-state index is 6.90. The van der Waals surface area contributed by atoms with Gasteiger partial charge in [0.25, 0.3) is 9.04 Å². The van der Waals surface area contributed by atoms with E-state index in [4.69, 9.17) is 4.12 Å². The van der Waals surface area contributed by atoms with Gasteiger partial charge in [0.15, 0.2) is 8.32 Å². The van der Waals surface area contributed by atoms with Gasteiger partial charge in [0, 0.05) is 0 Å². The second kappa shape index (κ2) is 7.73. The first kappa shape index (κ1) is 16.2. The number of rotatable bonds is 7. The molecule has 1 radical (unpaired) electrons. The third-order valence-electron chi connectivity index (χ3n) is 4.32. The Morgan fingerprint density at radius 1 is 0.714 bits per heavy atom. The van der Waals surface area contributed by atoms with E-state index >= 15 is 0 Å². The van der Waals surface area contributed by atoms with E-state index in [1.165, 1.54) is 28.5 Å². The summed E-state index contributed by atoms with van der Waals surface area (Å²) >= 11 is 0. The molecule has 2 aromatic rings. The summed E-state index contributed by atoms with van der Waals surface area (Å²) in [6, 6.07) is 25.2. The molecular weight excluding hydrogens is 288 g/mol. The molecule has 0 unspecified atom stereocenters.